The number of nitro benzene ring substituents is 1. The molecule has 13 nitrogen and oxygen atoms in total. The summed E-state index contributed by atoms with van der Waals surface area (Å²) in [6, 6.07) is 21.3. The van der Waals surface area contributed by atoms with E-state index in [0.717, 1.165) is 14.6 Å². The zero-order chi connectivity index (χ0) is 40.6. The lowest BCUT2D eigenvalue weighted by Gasteiger charge is -2.10. The summed E-state index contributed by atoms with van der Waals surface area (Å²) in [6.07, 6.45) is 5.14. The molecule has 3 aromatic carbocycles. The minimum Gasteiger partial charge on any atom is -0.464 e. The molecule has 6 aromatic rings. The Morgan fingerprint density at radius 3 is 1.35 bits per heavy atom. The van der Waals surface area contributed by atoms with E-state index in [-0.39, 0.29) is 16.4 Å². The molecule has 55 heavy (non-hydrogen) atoms. The number of para-hydroxylation sites is 1. The van der Waals surface area contributed by atoms with Gasteiger partial charge >= 0.3 is 17.9 Å². The molecule has 3 heterocycles. The highest BCUT2D eigenvalue weighted by Crippen LogP contribution is 2.30. The molecule has 2 N–H and O–H groups in total. The van der Waals surface area contributed by atoms with Crippen molar-refractivity contribution < 1.29 is 33.5 Å². The van der Waals surface area contributed by atoms with Crippen LogP contribution in [0.25, 0.3) is 17.1 Å². The van der Waals surface area contributed by atoms with Gasteiger partial charge in [0.15, 0.2) is 0 Å². The maximum atomic E-state index is 11.7. The molecule has 6 rings (SSSR count). The second-order valence-electron chi connectivity index (χ2n) is 10.8. The molecule has 0 amide bonds. The Morgan fingerprint density at radius 1 is 0.600 bits per heavy atom. The molecule has 0 unspecified atom stereocenters. The van der Waals surface area contributed by atoms with E-state index < -0.39 is 22.8 Å². The molecule has 0 fully saturated rings. The number of aromatic nitrogens is 3. The Kier molecular flexibility index (Phi) is 15.2. The molecule has 0 bridgehead atoms. The van der Waals surface area contributed by atoms with E-state index in [2.05, 4.69) is 52.5 Å². The summed E-state index contributed by atoms with van der Waals surface area (Å²) in [5.41, 5.74) is 9.00. The molecule has 286 valence electrons. The van der Waals surface area contributed by atoms with E-state index >= 15 is 0 Å². The first-order chi connectivity index (χ1) is 26.1. The normalized spacial score (nSPS) is 10.3. The highest BCUT2D eigenvalue weighted by molar-refractivity contribution is 9.11. The summed E-state index contributed by atoms with van der Waals surface area (Å²) in [7, 11) is 3.95. The van der Waals surface area contributed by atoms with Crippen LogP contribution >= 0.6 is 82.6 Å². The van der Waals surface area contributed by atoms with Crippen LogP contribution in [0.5, 0.6) is 0 Å². The van der Waals surface area contributed by atoms with Gasteiger partial charge in [-0.1, -0.05) is 46.9 Å². The third-order valence-electron chi connectivity index (χ3n) is 7.29. The van der Waals surface area contributed by atoms with Crippen LogP contribution in [-0.2, 0) is 14.2 Å². The average Bonchev–Trinajstić information content (AvgIpc) is 3.87. The number of anilines is 1. The smallest absolute Gasteiger partial charge is 0.355 e. The highest BCUT2D eigenvalue weighted by Gasteiger charge is 2.19. The number of carbonyl (C=O) groups is 3. The van der Waals surface area contributed by atoms with Crippen molar-refractivity contribution in [1.29, 1.82) is 0 Å². The molecule has 0 saturated carbocycles. The summed E-state index contributed by atoms with van der Waals surface area (Å²) >= 11 is 28.2. The number of hydrogen-bond acceptors (Lipinski definition) is 9. The number of rotatable bonds is 7. The van der Waals surface area contributed by atoms with Gasteiger partial charge in [0, 0.05) is 49.8 Å². The van der Waals surface area contributed by atoms with E-state index in [0.29, 0.717) is 43.0 Å². The van der Waals surface area contributed by atoms with Crippen molar-refractivity contribution in [2.24, 2.45) is 0 Å². The first-order valence-corrected chi connectivity index (χ1v) is 18.7. The maximum absolute atomic E-state index is 11.7. The zero-order valence-electron chi connectivity index (χ0n) is 28.6. The first-order valence-electron chi connectivity index (χ1n) is 15.2. The number of nitrogens with zero attached hydrogens (tertiary/aromatic N) is 4. The van der Waals surface area contributed by atoms with Gasteiger partial charge in [0.05, 0.1) is 58.4 Å². The minimum absolute atomic E-state index is 0.121. The summed E-state index contributed by atoms with van der Waals surface area (Å²) in [5, 5.41) is 11.9. The molecule has 0 atom stereocenters. The zero-order valence-corrected chi connectivity index (χ0v) is 35.7. The number of carbonyl (C=O) groups excluding carboxylic acids is 3. The van der Waals surface area contributed by atoms with Crippen molar-refractivity contribution in [2.75, 3.05) is 27.1 Å². The Bertz CT molecular complexity index is 2400. The molecule has 0 aliphatic rings. The van der Waals surface area contributed by atoms with Gasteiger partial charge in [-0.2, -0.15) is 0 Å². The van der Waals surface area contributed by atoms with E-state index in [1.807, 2.05) is 18.2 Å². The Labute approximate surface area is 354 Å². The van der Waals surface area contributed by atoms with E-state index in [4.69, 9.17) is 50.0 Å². The predicted octanol–water partition coefficient (Wildman–Crippen LogP) is 10.5. The summed E-state index contributed by atoms with van der Waals surface area (Å²) in [5.74, 6) is -1.38. The molecular weight excluding hydrogens is 976 g/mol. The summed E-state index contributed by atoms with van der Waals surface area (Å²) in [4.78, 5) is 45.1. The van der Waals surface area contributed by atoms with E-state index in [1.165, 1.54) is 44.1 Å². The number of nitro groups is 1. The number of benzene rings is 3. The molecule has 0 aliphatic heterocycles. The van der Waals surface area contributed by atoms with Crippen LogP contribution < -0.4 is 5.73 Å². The maximum Gasteiger partial charge on any atom is 0.355 e. The molecule has 0 radical (unpaired) electrons. The second kappa shape index (κ2) is 19.3. The van der Waals surface area contributed by atoms with Gasteiger partial charge in [-0.05, 0) is 102 Å². The number of methoxy groups -OCH3 is 3. The van der Waals surface area contributed by atoms with Crippen LogP contribution in [0.15, 0.2) is 111 Å². The van der Waals surface area contributed by atoms with Crippen molar-refractivity contribution in [2.45, 2.75) is 0 Å². The summed E-state index contributed by atoms with van der Waals surface area (Å²) in [6.45, 7) is 0. The fraction of sp³-hybridized carbons (Fsp3) is 0.0833. The molecule has 0 spiro atoms. The van der Waals surface area contributed by atoms with Crippen molar-refractivity contribution in [3.05, 3.63) is 153 Å². The number of non-ortho nitro benzene ring substituents is 1. The quantitative estimate of drug-likeness (QED) is 0.0539. The largest absolute Gasteiger partial charge is 0.464 e. The number of nitrogens with two attached hydrogens (primary N) is 1. The van der Waals surface area contributed by atoms with Gasteiger partial charge in [-0.15, -0.1) is 0 Å². The summed E-state index contributed by atoms with van der Waals surface area (Å²) < 4.78 is 21.2. The van der Waals surface area contributed by atoms with Crippen LogP contribution in [0.4, 0.5) is 11.4 Å². The van der Waals surface area contributed by atoms with Crippen molar-refractivity contribution in [3.8, 4) is 17.1 Å². The fourth-order valence-electron chi connectivity index (χ4n) is 4.84. The van der Waals surface area contributed by atoms with Crippen LogP contribution in [0.2, 0.25) is 15.1 Å². The number of nitrogen functional groups attached to an aromatic ring is 1. The Morgan fingerprint density at radius 2 is 0.982 bits per heavy atom. The monoisotopic (exact) mass is 999 g/mol. The van der Waals surface area contributed by atoms with E-state index in [1.54, 1.807) is 70.2 Å². The molecule has 0 saturated heterocycles. The SMILES string of the molecule is COC(=O)c1cc(Br)cn1-c1ccc(N)cc1Cl.COC(=O)c1cc(Br)cn1-c1ccc([N+](=O)[O-])cc1Cl.COC(=O)c1cc(Br)cn1-c1ccccc1Cl. The van der Waals surface area contributed by atoms with Gasteiger partial charge < -0.3 is 33.6 Å². The standard InChI is InChI=1S/C12H8BrClN2O4.C12H10BrClN2O2.C12H9BrClNO2/c1-20-12(17)11-4-7(13)6-15(11)10-3-2-8(16(18)19)5-9(10)14;1-18-12(17)11-4-7(13)6-16(11)10-3-2-8(15)5-9(10)14;1-17-12(16)11-6-8(13)7-15(11)10-5-3-2-4-9(10)14/h2-6H,1H3;2-6H,15H2,1H3;2-7H,1H3. The van der Waals surface area contributed by atoms with Crippen molar-refractivity contribution >= 4 is 112 Å². The number of ether oxygens (including phenoxy) is 3. The van der Waals surface area contributed by atoms with Crippen LogP contribution in [-0.4, -0.2) is 57.9 Å². The molecule has 19 heteroatoms. The Hall–Kier alpha value is -4.58. The third-order valence-corrected chi connectivity index (χ3v) is 9.51. The average molecular weight is 1000 g/mol. The van der Waals surface area contributed by atoms with Crippen LogP contribution in [0.1, 0.15) is 31.5 Å². The minimum atomic E-state index is -0.539. The first kappa shape index (κ1) is 43.2. The number of halogens is 6. The van der Waals surface area contributed by atoms with Gasteiger partial charge in [-0.3, -0.25) is 10.1 Å². The van der Waals surface area contributed by atoms with Gasteiger partial charge in [0.1, 0.15) is 17.1 Å². The van der Waals surface area contributed by atoms with Crippen LogP contribution in [0.3, 0.4) is 0 Å². The third kappa shape index (κ3) is 10.6. The Balaban J connectivity index is 0.000000184. The lowest BCUT2D eigenvalue weighted by molar-refractivity contribution is -0.384. The van der Waals surface area contributed by atoms with E-state index in [9.17, 15) is 24.5 Å². The van der Waals surface area contributed by atoms with Crippen molar-refractivity contribution in [3.63, 3.8) is 0 Å². The fourth-order valence-corrected chi connectivity index (χ4v) is 6.88. The topological polar surface area (TPSA) is 163 Å². The van der Waals surface area contributed by atoms with Crippen LogP contribution in [0, 0.1) is 10.1 Å². The second-order valence-corrected chi connectivity index (χ2v) is 14.7. The van der Waals surface area contributed by atoms with Crippen molar-refractivity contribution in [1.82, 2.24) is 13.7 Å². The highest BCUT2D eigenvalue weighted by atomic mass is 79.9. The predicted molar refractivity (Wildman–Crippen MR) is 221 cm³/mol. The molecule has 0 aliphatic carbocycles. The van der Waals surface area contributed by atoms with Gasteiger partial charge in [0.25, 0.3) is 5.69 Å². The lowest BCUT2D eigenvalue weighted by Crippen LogP contribution is -2.08. The van der Waals surface area contributed by atoms with Gasteiger partial charge in [0.2, 0.25) is 0 Å². The molecular formula is C36H27Br3Cl3N5O8. The number of esters is 3. The number of hydrogen-bond donors (Lipinski definition) is 1. The molecule has 3 aromatic heterocycles. The lowest BCUT2D eigenvalue weighted by atomic mass is 10.2. The van der Waals surface area contributed by atoms with Gasteiger partial charge in [-0.25, -0.2) is 14.4 Å².